The molecule has 17 heavy (non-hydrogen) atoms. The minimum Gasteiger partial charge on any atom is -0.456 e. The lowest BCUT2D eigenvalue weighted by molar-refractivity contribution is -0.141. The Hall–Kier alpha value is -2.03. The molecule has 0 spiro atoms. The maximum Gasteiger partial charge on any atom is 0.433 e. The van der Waals surface area contributed by atoms with Gasteiger partial charge in [-0.3, -0.25) is 0 Å². The molecule has 6 heteroatoms. The van der Waals surface area contributed by atoms with E-state index in [0.717, 1.165) is 6.07 Å². The smallest absolute Gasteiger partial charge is 0.433 e. The summed E-state index contributed by atoms with van der Waals surface area (Å²) in [5.74, 6) is 3.44. The van der Waals surface area contributed by atoms with Gasteiger partial charge in [-0.1, -0.05) is 6.07 Å². The minimum absolute atomic E-state index is 0.132. The summed E-state index contributed by atoms with van der Waals surface area (Å²) in [4.78, 5) is 14.1. The number of halogens is 3. The Morgan fingerprint density at radius 2 is 2.18 bits per heavy atom. The van der Waals surface area contributed by atoms with Gasteiger partial charge in [-0.15, -0.1) is 0 Å². The zero-order chi connectivity index (χ0) is 12.9. The van der Waals surface area contributed by atoms with Gasteiger partial charge >= 0.3 is 12.1 Å². The number of pyridine rings is 1. The van der Waals surface area contributed by atoms with Crippen LogP contribution in [-0.2, 0) is 15.7 Å². The van der Waals surface area contributed by atoms with Crippen LogP contribution in [0.2, 0.25) is 0 Å². The fraction of sp³-hybridized carbons (Fsp3) is 0.273. The predicted octanol–water partition coefficient (Wildman–Crippen LogP) is 2.02. The molecule has 0 saturated carbocycles. The molecule has 0 bridgehead atoms. The predicted molar refractivity (Wildman–Crippen MR) is 52.8 cm³/mol. The number of carbonyl (C=O) groups excluding carboxylic acids is 1. The van der Waals surface area contributed by atoms with Gasteiger partial charge in [0.1, 0.15) is 11.4 Å². The molecular formula is C11H8F3NO2. The topological polar surface area (TPSA) is 39.2 Å². The van der Waals surface area contributed by atoms with E-state index in [9.17, 15) is 18.0 Å². The zero-order valence-electron chi connectivity index (χ0n) is 8.84. The monoisotopic (exact) mass is 243 g/mol. The molecule has 0 amide bonds. The van der Waals surface area contributed by atoms with Gasteiger partial charge in [-0.2, -0.15) is 13.2 Å². The van der Waals surface area contributed by atoms with E-state index in [1.54, 1.807) is 6.92 Å². The average Bonchev–Trinajstić information content (AvgIpc) is 2.26. The number of hydrogen-bond donors (Lipinski definition) is 0. The summed E-state index contributed by atoms with van der Waals surface area (Å²) in [6.07, 6.45) is -4.53. The fourth-order valence-corrected chi connectivity index (χ4v) is 0.944. The van der Waals surface area contributed by atoms with Gasteiger partial charge < -0.3 is 4.74 Å². The van der Waals surface area contributed by atoms with E-state index in [1.165, 1.54) is 12.1 Å². The average molecular weight is 243 g/mol. The summed E-state index contributed by atoms with van der Waals surface area (Å²) in [5, 5.41) is 0. The molecular weight excluding hydrogens is 235 g/mol. The summed E-state index contributed by atoms with van der Waals surface area (Å²) in [7, 11) is 0. The van der Waals surface area contributed by atoms with E-state index >= 15 is 0 Å². The van der Waals surface area contributed by atoms with E-state index in [-0.39, 0.29) is 12.3 Å². The molecule has 0 atom stereocenters. The van der Waals surface area contributed by atoms with Crippen LogP contribution in [0.4, 0.5) is 13.2 Å². The SMILES string of the molecule is CCOC(=O)C#Cc1cccc(C(F)(F)F)n1. The van der Waals surface area contributed by atoms with Crippen molar-refractivity contribution in [1.29, 1.82) is 0 Å². The quantitative estimate of drug-likeness (QED) is 0.559. The molecule has 0 N–H and O–H groups in total. The van der Waals surface area contributed by atoms with E-state index < -0.39 is 17.8 Å². The maximum absolute atomic E-state index is 12.3. The molecule has 0 aliphatic heterocycles. The number of aromatic nitrogens is 1. The van der Waals surface area contributed by atoms with E-state index in [4.69, 9.17) is 0 Å². The van der Waals surface area contributed by atoms with Gasteiger partial charge in [0.15, 0.2) is 0 Å². The van der Waals surface area contributed by atoms with Crippen LogP contribution in [0.3, 0.4) is 0 Å². The van der Waals surface area contributed by atoms with E-state index in [2.05, 4.69) is 15.6 Å². The van der Waals surface area contributed by atoms with Crippen LogP contribution in [0.25, 0.3) is 0 Å². The fourth-order valence-electron chi connectivity index (χ4n) is 0.944. The number of hydrogen-bond acceptors (Lipinski definition) is 3. The summed E-state index contributed by atoms with van der Waals surface area (Å²) < 4.78 is 41.4. The Bertz CT molecular complexity index is 472. The third-order valence-corrected chi connectivity index (χ3v) is 1.61. The van der Waals surface area contributed by atoms with Gasteiger partial charge in [-0.25, -0.2) is 9.78 Å². The van der Waals surface area contributed by atoms with Crippen molar-refractivity contribution >= 4 is 5.97 Å². The van der Waals surface area contributed by atoms with Gasteiger partial charge in [0, 0.05) is 5.92 Å². The highest BCUT2D eigenvalue weighted by Crippen LogP contribution is 2.27. The summed E-state index contributed by atoms with van der Waals surface area (Å²) in [6, 6.07) is 3.28. The van der Waals surface area contributed by atoms with Crippen molar-refractivity contribution < 1.29 is 22.7 Å². The highest BCUT2D eigenvalue weighted by molar-refractivity contribution is 5.88. The molecule has 1 rings (SSSR count). The lowest BCUT2D eigenvalue weighted by Crippen LogP contribution is -2.08. The Morgan fingerprint density at radius 3 is 2.76 bits per heavy atom. The van der Waals surface area contributed by atoms with Crippen LogP contribution in [-0.4, -0.2) is 17.6 Å². The second-order valence-corrected chi connectivity index (χ2v) is 2.88. The first kappa shape index (κ1) is 13.0. The van der Waals surface area contributed by atoms with Gasteiger partial charge in [0.25, 0.3) is 0 Å². The molecule has 90 valence electrons. The molecule has 0 unspecified atom stereocenters. The number of alkyl halides is 3. The van der Waals surface area contributed by atoms with Crippen molar-refractivity contribution in [2.45, 2.75) is 13.1 Å². The number of nitrogens with zero attached hydrogens (tertiary/aromatic N) is 1. The normalized spacial score (nSPS) is 10.4. The Balaban J connectivity index is 2.90. The molecule has 0 aromatic carbocycles. The molecule has 0 fully saturated rings. The molecule has 0 aliphatic rings. The van der Waals surface area contributed by atoms with Crippen molar-refractivity contribution in [2.75, 3.05) is 6.61 Å². The molecule has 0 saturated heterocycles. The first-order valence-corrected chi connectivity index (χ1v) is 4.66. The van der Waals surface area contributed by atoms with Crippen LogP contribution in [0, 0.1) is 11.8 Å². The maximum atomic E-state index is 12.3. The first-order chi connectivity index (χ1) is 7.93. The standard InChI is InChI=1S/C11H8F3NO2/c1-2-17-10(16)7-6-8-4-3-5-9(15-8)11(12,13)14/h3-5H,2H2,1H3. The highest BCUT2D eigenvalue weighted by Gasteiger charge is 2.32. The van der Waals surface area contributed by atoms with Crippen LogP contribution in [0.5, 0.6) is 0 Å². The molecule has 0 radical (unpaired) electrons. The largest absolute Gasteiger partial charge is 0.456 e. The van der Waals surface area contributed by atoms with Crippen LogP contribution < -0.4 is 0 Å². The number of ether oxygens (including phenoxy) is 1. The summed E-state index contributed by atoms with van der Waals surface area (Å²) in [5.41, 5.74) is -1.18. The minimum atomic E-state index is -4.53. The van der Waals surface area contributed by atoms with Crippen LogP contribution >= 0.6 is 0 Å². The zero-order valence-corrected chi connectivity index (χ0v) is 8.84. The third kappa shape index (κ3) is 4.15. The Labute approximate surface area is 95.6 Å². The summed E-state index contributed by atoms with van der Waals surface area (Å²) >= 11 is 0. The Morgan fingerprint density at radius 1 is 1.47 bits per heavy atom. The second-order valence-electron chi connectivity index (χ2n) is 2.88. The van der Waals surface area contributed by atoms with E-state index in [1.807, 2.05) is 5.92 Å². The van der Waals surface area contributed by atoms with Crippen molar-refractivity contribution in [2.24, 2.45) is 0 Å². The van der Waals surface area contributed by atoms with Gasteiger partial charge in [0.2, 0.25) is 0 Å². The Kier molecular flexibility index (Phi) is 4.10. The van der Waals surface area contributed by atoms with Crippen LogP contribution in [0.15, 0.2) is 18.2 Å². The first-order valence-electron chi connectivity index (χ1n) is 4.66. The van der Waals surface area contributed by atoms with Gasteiger partial charge in [0.05, 0.1) is 6.61 Å². The van der Waals surface area contributed by atoms with Crippen molar-refractivity contribution in [3.63, 3.8) is 0 Å². The summed E-state index contributed by atoms with van der Waals surface area (Å²) in [6.45, 7) is 1.76. The van der Waals surface area contributed by atoms with Crippen LogP contribution in [0.1, 0.15) is 18.3 Å². The van der Waals surface area contributed by atoms with Crippen molar-refractivity contribution in [1.82, 2.24) is 4.98 Å². The molecule has 0 aliphatic carbocycles. The number of rotatable bonds is 1. The molecule has 1 aromatic heterocycles. The molecule has 1 aromatic rings. The van der Waals surface area contributed by atoms with Gasteiger partial charge in [-0.05, 0) is 25.0 Å². The molecule has 3 nitrogen and oxygen atoms in total. The molecule has 1 heterocycles. The van der Waals surface area contributed by atoms with E-state index in [0.29, 0.717) is 0 Å². The highest BCUT2D eigenvalue weighted by atomic mass is 19.4. The second kappa shape index (κ2) is 5.34. The third-order valence-electron chi connectivity index (χ3n) is 1.61. The number of carbonyl (C=O) groups is 1. The van der Waals surface area contributed by atoms with Crippen molar-refractivity contribution in [3.8, 4) is 11.8 Å². The lowest BCUT2D eigenvalue weighted by Gasteiger charge is -2.04. The number of esters is 1. The van der Waals surface area contributed by atoms with Crippen molar-refractivity contribution in [3.05, 3.63) is 29.6 Å². The lowest BCUT2D eigenvalue weighted by atomic mass is 10.3.